The maximum atomic E-state index is 2.55. The molecule has 13 aromatic rings. The van der Waals surface area contributed by atoms with Crippen LogP contribution in [0, 0.1) is 0 Å². The first kappa shape index (κ1) is 45.3. The summed E-state index contributed by atoms with van der Waals surface area (Å²) in [6.07, 6.45) is 0. The molecule has 0 aliphatic carbocycles. The summed E-state index contributed by atoms with van der Waals surface area (Å²) in [6, 6.07) is 67.9. The van der Waals surface area contributed by atoms with Crippen LogP contribution in [0.25, 0.3) is 115 Å². The van der Waals surface area contributed by atoms with E-state index in [0.29, 0.717) is 0 Å². The lowest BCUT2D eigenvalue weighted by Gasteiger charge is -2.19. The molecule has 0 radical (unpaired) electrons. The molecule has 3 aromatic heterocycles. The van der Waals surface area contributed by atoms with Crippen LogP contribution in [-0.4, -0.2) is 13.7 Å². The molecule has 360 valence electrons. The Bertz CT molecular complexity index is 4070. The average molecular weight is 948 g/mol. The highest BCUT2D eigenvalue weighted by atomic mass is 15.0. The first-order valence-corrected chi connectivity index (χ1v) is 26.3. The molecule has 0 spiro atoms. The Labute approximate surface area is 429 Å². The highest BCUT2D eigenvalue weighted by Gasteiger charge is 2.25. The number of hydrogen-bond acceptors (Lipinski definition) is 0. The van der Waals surface area contributed by atoms with Crippen LogP contribution in [0.4, 0.5) is 0 Å². The summed E-state index contributed by atoms with van der Waals surface area (Å²) < 4.78 is 7.56. The van der Waals surface area contributed by atoms with Crippen LogP contribution in [-0.2, 0) is 21.7 Å². The molecule has 3 heterocycles. The topological polar surface area (TPSA) is 14.8 Å². The van der Waals surface area contributed by atoms with E-state index in [2.05, 4.69) is 273 Å². The van der Waals surface area contributed by atoms with Crippen LogP contribution < -0.4 is 0 Å². The van der Waals surface area contributed by atoms with Gasteiger partial charge in [-0.25, -0.2) is 0 Å². The summed E-state index contributed by atoms with van der Waals surface area (Å²) in [6.45, 7) is 27.8. The monoisotopic (exact) mass is 948 g/mol. The van der Waals surface area contributed by atoms with Crippen molar-refractivity contribution in [3.8, 4) is 17.1 Å². The van der Waals surface area contributed by atoms with Crippen molar-refractivity contribution in [2.75, 3.05) is 0 Å². The normalized spacial score (nSPS) is 13.2. The Balaban J connectivity index is 1.12. The van der Waals surface area contributed by atoms with Gasteiger partial charge < -0.3 is 13.7 Å². The lowest BCUT2D eigenvalue weighted by molar-refractivity contribution is 0.590. The Morgan fingerprint density at radius 2 is 0.466 bits per heavy atom. The zero-order valence-corrected chi connectivity index (χ0v) is 44.6. The maximum absolute atomic E-state index is 2.55. The predicted octanol–water partition coefficient (Wildman–Crippen LogP) is 19.6. The minimum Gasteiger partial charge on any atom is -0.309 e. The molecule has 3 heteroatoms. The number of rotatable bonds is 3. The van der Waals surface area contributed by atoms with Gasteiger partial charge >= 0.3 is 0 Å². The summed E-state index contributed by atoms with van der Waals surface area (Å²) in [7, 11) is 0. The van der Waals surface area contributed by atoms with Gasteiger partial charge in [-0.3, -0.25) is 0 Å². The molecule has 0 amide bonds. The van der Waals surface area contributed by atoms with Gasteiger partial charge in [0.05, 0.1) is 33.1 Å². The third-order valence-electron chi connectivity index (χ3n) is 16.2. The molecule has 0 aliphatic heterocycles. The van der Waals surface area contributed by atoms with Crippen LogP contribution in [0.3, 0.4) is 0 Å². The van der Waals surface area contributed by atoms with Gasteiger partial charge in [-0.15, -0.1) is 0 Å². The SMILES string of the molecule is CC(C)(C)c1ccc2c(c1)c1cc(C(C)(C)C)ccc1n2-c1ccc2c3ccc(-n4c5ccc(C(C)(C)C)cc5c5cc(C(C)(C)C)ccc54)cc3n(-c3ccc4c5ccccc5c5ccccc5c4c3)c2c1. The molecular weight excluding hydrogens is 883 g/mol. The molecule has 0 saturated heterocycles. The van der Waals surface area contributed by atoms with Crippen molar-refractivity contribution in [3.05, 3.63) is 198 Å². The van der Waals surface area contributed by atoms with Crippen molar-refractivity contribution in [1.29, 1.82) is 0 Å². The van der Waals surface area contributed by atoms with E-state index in [0.717, 1.165) is 17.1 Å². The van der Waals surface area contributed by atoms with Gasteiger partial charge in [0.25, 0.3) is 0 Å². The third-order valence-corrected chi connectivity index (χ3v) is 16.2. The zero-order chi connectivity index (χ0) is 50.7. The van der Waals surface area contributed by atoms with Gasteiger partial charge in [-0.1, -0.05) is 174 Å². The molecule has 0 N–H and O–H groups in total. The van der Waals surface area contributed by atoms with Crippen LogP contribution in [0.2, 0.25) is 0 Å². The molecule has 0 bridgehead atoms. The second-order valence-corrected chi connectivity index (χ2v) is 25.2. The second-order valence-electron chi connectivity index (χ2n) is 25.2. The molecular formula is C70H65N3. The van der Waals surface area contributed by atoms with Gasteiger partial charge in [-0.2, -0.15) is 0 Å². The predicted molar refractivity (Wildman–Crippen MR) is 317 cm³/mol. The molecule has 13 rings (SSSR count). The van der Waals surface area contributed by atoms with Gasteiger partial charge in [0.2, 0.25) is 0 Å². The molecule has 0 saturated carbocycles. The lowest BCUT2D eigenvalue weighted by Crippen LogP contribution is -2.10. The van der Waals surface area contributed by atoms with Crippen molar-refractivity contribution >= 4 is 97.7 Å². The molecule has 10 aromatic carbocycles. The van der Waals surface area contributed by atoms with E-state index >= 15 is 0 Å². The number of benzene rings is 10. The number of fused-ring (bicyclic) bond motifs is 15. The zero-order valence-electron chi connectivity index (χ0n) is 44.6. The van der Waals surface area contributed by atoms with E-state index in [1.54, 1.807) is 0 Å². The summed E-state index contributed by atoms with van der Waals surface area (Å²) in [5.41, 5.74) is 16.1. The van der Waals surface area contributed by atoms with E-state index in [1.807, 2.05) is 0 Å². The van der Waals surface area contributed by atoms with Crippen LogP contribution in [0.15, 0.2) is 176 Å². The summed E-state index contributed by atoms with van der Waals surface area (Å²) in [4.78, 5) is 0. The van der Waals surface area contributed by atoms with Crippen molar-refractivity contribution in [2.24, 2.45) is 0 Å². The van der Waals surface area contributed by atoms with Crippen molar-refractivity contribution in [3.63, 3.8) is 0 Å². The smallest absolute Gasteiger partial charge is 0.0561 e. The van der Waals surface area contributed by atoms with Gasteiger partial charge in [-0.05, 0) is 161 Å². The van der Waals surface area contributed by atoms with Crippen molar-refractivity contribution < 1.29 is 0 Å². The first-order chi connectivity index (χ1) is 34.7. The fraction of sp³-hybridized carbons (Fsp3) is 0.229. The highest BCUT2D eigenvalue weighted by Crippen LogP contribution is 2.44. The Morgan fingerprint density at radius 1 is 0.205 bits per heavy atom. The van der Waals surface area contributed by atoms with Crippen molar-refractivity contribution in [1.82, 2.24) is 13.7 Å². The first-order valence-electron chi connectivity index (χ1n) is 26.3. The molecule has 0 aliphatic rings. The van der Waals surface area contributed by atoms with Crippen LogP contribution >= 0.6 is 0 Å². The summed E-state index contributed by atoms with van der Waals surface area (Å²) >= 11 is 0. The number of aromatic nitrogens is 3. The molecule has 0 fully saturated rings. The third kappa shape index (κ3) is 6.99. The number of hydrogen-bond donors (Lipinski definition) is 0. The minimum absolute atomic E-state index is 0.0182. The van der Waals surface area contributed by atoms with Gasteiger partial charge in [0, 0.05) is 49.4 Å². The maximum Gasteiger partial charge on any atom is 0.0561 e. The average Bonchev–Trinajstić information content (AvgIpc) is 3.99. The van der Waals surface area contributed by atoms with E-state index < -0.39 is 0 Å². The number of nitrogens with zero attached hydrogens (tertiary/aromatic N) is 3. The summed E-state index contributed by atoms with van der Waals surface area (Å²) in [5.74, 6) is 0. The van der Waals surface area contributed by atoms with Crippen LogP contribution in [0.5, 0.6) is 0 Å². The standard InChI is InChI=1S/C70H65N3/c1-67(2,3)42-21-31-61-57(35-42)58-36-43(68(4,5)6)22-32-62(58)71(61)47-26-29-54-55-30-27-48(72-63-33-23-44(69(7,8)9)37-59(63)60-38-45(70(10,11)12)24-34-64(60)72)41-66(55)73(65(54)40-47)46-25-28-53-51-19-14-13-17-49(51)50-18-15-16-20-52(50)56(53)39-46/h13-41H,1-12H3. The quantitative estimate of drug-likeness (QED) is 0.157. The fourth-order valence-electron chi connectivity index (χ4n) is 12.1. The lowest BCUT2D eigenvalue weighted by atomic mass is 9.85. The second kappa shape index (κ2) is 15.4. The highest BCUT2D eigenvalue weighted by molar-refractivity contribution is 6.26. The molecule has 73 heavy (non-hydrogen) atoms. The summed E-state index contributed by atoms with van der Waals surface area (Å²) in [5, 5.41) is 15.3. The van der Waals surface area contributed by atoms with Crippen molar-refractivity contribution in [2.45, 2.75) is 105 Å². The van der Waals surface area contributed by atoms with Gasteiger partial charge in [0.1, 0.15) is 0 Å². The van der Waals surface area contributed by atoms with E-state index in [-0.39, 0.29) is 21.7 Å². The Kier molecular flexibility index (Phi) is 9.58. The van der Waals surface area contributed by atoms with E-state index in [1.165, 1.54) is 120 Å². The molecule has 0 unspecified atom stereocenters. The fourth-order valence-corrected chi connectivity index (χ4v) is 12.1. The minimum atomic E-state index is 0.0182. The molecule has 3 nitrogen and oxygen atoms in total. The van der Waals surface area contributed by atoms with Crippen LogP contribution in [0.1, 0.15) is 105 Å². The van der Waals surface area contributed by atoms with Gasteiger partial charge in [0.15, 0.2) is 0 Å². The largest absolute Gasteiger partial charge is 0.309 e. The Morgan fingerprint density at radius 3 is 0.781 bits per heavy atom. The molecule has 0 atom stereocenters. The van der Waals surface area contributed by atoms with E-state index in [4.69, 9.17) is 0 Å². The Hall–Kier alpha value is -7.62. The van der Waals surface area contributed by atoms with E-state index in [9.17, 15) is 0 Å².